The molecule has 7 nitrogen and oxygen atoms in total. The lowest BCUT2D eigenvalue weighted by molar-refractivity contribution is 0.256. The Morgan fingerprint density at radius 1 is 0.839 bits per heavy atom. The topological polar surface area (TPSA) is 91.3 Å². The van der Waals surface area contributed by atoms with Crippen LogP contribution in [0.25, 0.3) is 0 Å². The van der Waals surface area contributed by atoms with Gasteiger partial charge in [-0.15, -0.1) is 0 Å². The number of carbonyl (C=O) groups is 1. The summed E-state index contributed by atoms with van der Waals surface area (Å²) in [5.41, 5.74) is 2.38. The van der Waals surface area contributed by atoms with Crippen molar-refractivity contribution in [3.63, 3.8) is 0 Å². The number of urea groups is 1. The second-order valence-corrected chi connectivity index (χ2v) is 8.03. The monoisotopic (exact) mass is 496 g/mol. The summed E-state index contributed by atoms with van der Waals surface area (Å²) in [4.78, 5) is 25.4. The van der Waals surface area contributed by atoms with E-state index in [1.807, 2.05) is 19.9 Å². The van der Waals surface area contributed by atoms with Gasteiger partial charge in [-0.2, -0.15) is 4.99 Å². The first-order valence-electron chi connectivity index (χ1n) is 8.86. The molecule has 3 aromatic rings. The summed E-state index contributed by atoms with van der Waals surface area (Å²) < 4.78 is 0. The Labute approximate surface area is 198 Å². The third kappa shape index (κ3) is 6.70. The molecule has 0 aliphatic rings. The quantitative estimate of drug-likeness (QED) is 0.279. The van der Waals surface area contributed by atoms with Crippen LogP contribution in [0, 0.1) is 13.8 Å². The van der Waals surface area contributed by atoms with Gasteiger partial charge in [-0.05, 0) is 56.3 Å². The predicted molar refractivity (Wildman–Crippen MR) is 127 cm³/mol. The van der Waals surface area contributed by atoms with Gasteiger partial charge in [0.15, 0.2) is 0 Å². The molecule has 0 bridgehead atoms. The molecule has 0 unspecified atom stereocenters. The van der Waals surface area contributed by atoms with E-state index in [9.17, 15) is 4.79 Å². The highest BCUT2D eigenvalue weighted by Crippen LogP contribution is 2.26. The molecule has 2 aromatic carbocycles. The number of nitrogens with one attached hydrogen (secondary N) is 3. The summed E-state index contributed by atoms with van der Waals surface area (Å²) in [5.74, 6) is 0.215. The molecule has 3 rings (SSSR count). The maximum absolute atomic E-state index is 12.6. The summed E-state index contributed by atoms with van der Waals surface area (Å²) in [7, 11) is 0. The zero-order valence-electron chi connectivity index (χ0n) is 16.3. The summed E-state index contributed by atoms with van der Waals surface area (Å²) >= 11 is 24.1. The molecule has 0 saturated heterocycles. The van der Waals surface area contributed by atoms with Gasteiger partial charge in [0, 0.05) is 22.1 Å². The molecule has 0 spiro atoms. The van der Waals surface area contributed by atoms with Crippen LogP contribution in [0.2, 0.25) is 20.1 Å². The zero-order valence-corrected chi connectivity index (χ0v) is 19.3. The molecule has 1 aromatic heterocycles. The molecule has 0 aliphatic carbocycles. The minimum absolute atomic E-state index is 0.0479. The molecule has 11 heteroatoms. The fourth-order valence-electron chi connectivity index (χ4n) is 2.51. The van der Waals surface area contributed by atoms with Crippen LogP contribution in [-0.4, -0.2) is 22.0 Å². The number of hydrogen-bond donors (Lipinski definition) is 3. The molecule has 0 atom stereocenters. The molecular formula is C20H16Cl4N6O. The summed E-state index contributed by atoms with van der Waals surface area (Å²) in [6, 6.07) is 10.8. The molecule has 1 heterocycles. The van der Waals surface area contributed by atoms with Gasteiger partial charge in [0.1, 0.15) is 0 Å². The molecule has 160 valence electrons. The van der Waals surface area contributed by atoms with E-state index in [1.54, 1.807) is 30.3 Å². The number of hydrogen-bond acceptors (Lipinski definition) is 4. The molecule has 31 heavy (non-hydrogen) atoms. The number of aryl methyl sites for hydroxylation is 2. The fraction of sp³-hybridized carbons (Fsp3) is 0.100. The van der Waals surface area contributed by atoms with Crippen LogP contribution in [-0.2, 0) is 0 Å². The Bertz CT molecular complexity index is 1150. The van der Waals surface area contributed by atoms with Crippen molar-refractivity contribution in [1.82, 2.24) is 15.3 Å². The van der Waals surface area contributed by atoms with Crippen molar-refractivity contribution in [3.05, 3.63) is 73.9 Å². The van der Waals surface area contributed by atoms with Crippen molar-refractivity contribution < 1.29 is 4.79 Å². The minimum Gasteiger partial charge on any atom is -0.324 e. The third-order valence-electron chi connectivity index (χ3n) is 3.78. The third-order valence-corrected chi connectivity index (χ3v) is 5.06. The van der Waals surface area contributed by atoms with E-state index < -0.39 is 6.03 Å². The number of amides is 2. The number of anilines is 2. The van der Waals surface area contributed by atoms with Crippen molar-refractivity contribution in [1.29, 1.82) is 0 Å². The van der Waals surface area contributed by atoms with Gasteiger partial charge in [-0.3, -0.25) is 5.32 Å². The summed E-state index contributed by atoms with van der Waals surface area (Å²) in [5, 5.41) is 9.72. The van der Waals surface area contributed by atoms with Gasteiger partial charge in [-0.25, -0.2) is 14.8 Å². The maximum Gasteiger partial charge on any atom is 0.326 e. The van der Waals surface area contributed by atoms with Crippen molar-refractivity contribution in [2.45, 2.75) is 13.8 Å². The Kier molecular flexibility index (Phi) is 7.56. The molecule has 2 amide bonds. The lowest BCUT2D eigenvalue weighted by Gasteiger charge is -2.14. The molecule has 0 fully saturated rings. The molecule has 0 aliphatic heterocycles. The Balaban J connectivity index is 1.87. The van der Waals surface area contributed by atoms with Gasteiger partial charge >= 0.3 is 6.03 Å². The first-order valence-corrected chi connectivity index (χ1v) is 10.4. The zero-order chi connectivity index (χ0) is 22.5. The van der Waals surface area contributed by atoms with Gasteiger partial charge in [-0.1, -0.05) is 46.4 Å². The fourth-order valence-corrected chi connectivity index (χ4v) is 3.26. The maximum atomic E-state index is 12.6. The number of guanidine groups is 1. The van der Waals surface area contributed by atoms with Crippen LogP contribution in [0.3, 0.4) is 0 Å². The van der Waals surface area contributed by atoms with Gasteiger partial charge < -0.3 is 10.6 Å². The first kappa shape index (κ1) is 23.1. The highest BCUT2D eigenvalue weighted by Gasteiger charge is 2.12. The number of rotatable bonds is 3. The minimum atomic E-state index is -0.584. The van der Waals surface area contributed by atoms with Crippen LogP contribution >= 0.6 is 46.4 Å². The van der Waals surface area contributed by atoms with Crippen LogP contribution in [0.5, 0.6) is 0 Å². The number of halogens is 4. The number of aromatic nitrogens is 2. The highest BCUT2D eigenvalue weighted by molar-refractivity contribution is 6.42. The first-order chi connectivity index (χ1) is 14.7. The van der Waals surface area contributed by atoms with Crippen molar-refractivity contribution in [3.8, 4) is 0 Å². The summed E-state index contributed by atoms with van der Waals surface area (Å²) in [6.07, 6.45) is 0. The van der Waals surface area contributed by atoms with Crippen LogP contribution in [0.4, 0.5) is 22.1 Å². The number of benzene rings is 2. The van der Waals surface area contributed by atoms with E-state index in [0.717, 1.165) is 11.4 Å². The van der Waals surface area contributed by atoms with E-state index in [1.165, 1.54) is 6.07 Å². The molecule has 3 N–H and O–H groups in total. The molecule has 0 radical (unpaired) electrons. The highest BCUT2D eigenvalue weighted by atomic mass is 35.5. The smallest absolute Gasteiger partial charge is 0.324 e. The van der Waals surface area contributed by atoms with E-state index in [4.69, 9.17) is 46.4 Å². The van der Waals surface area contributed by atoms with Crippen molar-refractivity contribution >= 4 is 75.7 Å². The van der Waals surface area contributed by atoms with E-state index in [0.29, 0.717) is 31.5 Å². The van der Waals surface area contributed by atoms with Crippen LogP contribution < -0.4 is 16.0 Å². The predicted octanol–water partition coefficient (Wildman–Crippen LogP) is 6.63. The second kappa shape index (κ2) is 10.2. The van der Waals surface area contributed by atoms with Gasteiger partial charge in [0.05, 0.1) is 20.8 Å². The largest absolute Gasteiger partial charge is 0.326 e. The second-order valence-electron chi connectivity index (χ2n) is 6.37. The number of nitrogens with zero attached hydrogens (tertiary/aromatic N) is 3. The molecule has 0 saturated carbocycles. The SMILES string of the molecule is Cc1cc(C)nc(/N=C(\NC(=O)Nc2ccc(Cl)c(Cl)c2)Nc2ccc(Cl)cc2Cl)n1. The lowest BCUT2D eigenvalue weighted by atomic mass is 10.3. The lowest BCUT2D eigenvalue weighted by Crippen LogP contribution is -2.38. The normalized spacial score (nSPS) is 11.2. The van der Waals surface area contributed by atoms with Crippen molar-refractivity contribution in [2.24, 2.45) is 4.99 Å². The standard InChI is InChI=1S/C20H16Cl4N6O/c1-10-7-11(2)26-18(25-10)29-19(28-17-6-3-12(21)8-16(17)24)30-20(31)27-13-4-5-14(22)15(23)9-13/h3-9H,1-2H3,(H3,25,26,27,28,29,30,31). The van der Waals surface area contributed by atoms with E-state index in [-0.39, 0.29) is 11.9 Å². The van der Waals surface area contributed by atoms with E-state index in [2.05, 4.69) is 30.9 Å². The van der Waals surface area contributed by atoms with Crippen LogP contribution in [0.1, 0.15) is 11.4 Å². The Morgan fingerprint density at radius 3 is 2.19 bits per heavy atom. The average molecular weight is 498 g/mol. The average Bonchev–Trinajstić information content (AvgIpc) is 2.66. The van der Waals surface area contributed by atoms with Crippen LogP contribution in [0.15, 0.2) is 47.5 Å². The number of carbonyl (C=O) groups excluding carboxylic acids is 1. The Hall–Kier alpha value is -2.58. The summed E-state index contributed by atoms with van der Waals surface area (Å²) in [6.45, 7) is 3.64. The van der Waals surface area contributed by atoms with Gasteiger partial charge in [0.2, 0.25) is 5.96 Å². The van der Waals surface area contributed by atoms with Gasteiger partial charge in [0.25, 0.3) is 5.95 Å². The van der Waals surface area contributed by atoms with Crippen molar-refractivity contribution in [2.75, 3.05) is 10.6 Å². The Morgan fingerprint density at radius 2 is 1.55 bits per heavy atom. The molecular weight excluding hydrogens is 482 g/mol. The van der Waals surface area contributed by atoms with E-state index >= 15 is 0 Å². The number of aliphatic imine (C=N–C) groups is 1.